The molecule has 1 aromatic rings. The summed E-state index contributed by atoms with van der Waals surface area (Å²) in [6.07, 6.45) is 1.16. The standard InChI is InChI=1S/C19H20O6/c1-19(2)7-12(20)17-11(6-16(21)25-15(17)8-19)10-4-13(22-3)18-14(5-10)23-9-24-18/h4-5,11H,6-9H2,1-3H3/t11-/m0/s1. The quantitative estimate of drug-likeness (QED) is 0.768. The van der Waals surface area contributed by atoms with E-state index in [9.17, 15) is 9.59 Å². The Balaban J connectivity index is 1.82. The first-order valence-corrected chi connectivity index (χ1v) is 8.32. The summed E-state index contributed by atoms with van der Waals surface area (Å²) >= 11 is 0. The van der Waals surface area contributed by atoms with Gasteiger partial charge in [-0.25, -0.2) is 0 Å². The van der Waals surface area contributed by atoms with E-state index in [1.54, 1.807) is 7.11 Å². The fourth-order valence-electron chi connectivity index (χ4n) is 3.84. The van der Waals surface area contributed by atoms with Crippen molar-refractivity contribution in [3.8, 4) is 17.2 Å². The smallest absolute Gasteiger partial charge is 0.311 e. The summed E-state index contributed by atoms with van der Waals surface area (Å²) in [5.74, 6) is 1.55. The molecule has 0 fully saturated rings. The maximum Gasteiger partial charge on any atom is 0.311 e. The van der Waals surface area contributed by atoms with Crippen LogP contribution in [0, 0.1) is 5.41 Å². The molecule has 0 N–H and O–H groups in total. The molecule has 0 saturated heterocycles. The topological polar surface area (TPSA) is 71.1 Å². The third-order valence-corrected chi connectivity index (χ3v) is 4.92. The van der Waals surface area contributed by atoms with Crippen molar-refractivity contribution < 1.29 is 28.5 Å². The molecule has 1 aliphatic carbocycles. The molecule has 2 aliphatic heterocycles. The van der Waals surface area contributed by atoms with Gasteiger partial charge in [-0.05, 0) is 23.1 Å². The highest BCUT2D eigenvalue weighted by Crippen LogP contribution is 2.49. The zero-order valence-corrected chi connectivity index (χ0v) is 14.5. The summed E-state index contributed by atoms with van der Waals surface area (Å²) < 4.78 is 21.7. The molecular weight excluding hydrogens is 324 g/mol. The third-order valence-electron chi connectivity index (χ3n) is 4.92. The highest BCUT2D eigenvalue weighted by molar-refractivity contribution is 6.00. The fraction of sp³-hybridized carbons (Fsp3) is 0.474. The normalized spacial score (nSPS) is 24.0. The van der Waals surface area contributed by atoms with Crippen LogP contribution < -0.4 is 14.2 Å². The molecule has 0 radical (unpaired) electrons. The molecule has 1 aromatic carbocycles. The van der Waals surface area contributed by atoms with E-state index >= 15 is 0 Å². The van der Waals surface area contributed by atoms with Crippen molar-refractivity contribution in [1.29, 1.82) is 0 Å². The number of hydrogen-bond donors (Lipinski definition) is 0. The van der Waals surface area contributed by atoms with E-state index in [-0.39, 0.29) is 36.3 Å². The van der Waals surface area contributed by atoms with Crippen LogP contribution in [0.2, 0.25) is 0 Å². The lowest BCUT2D eigenvalue weighted by Gasteiger charge is -2.36. The first kappa shape index (κ1) is 16.0. The molecule has 3 aliphatic rings. The van der Waals surface area contributed by atoms with E-state index in [1.807, 2.05) is 26.0 Å². The van der Waals surface area contributed by atoms with Crippen LogP contribution in [0.5, 0.6) is 17.2 Å². The first-order valence-electron chi connectivity index (χ1n) is 8.32. The minimum absolute atomic E-state index is 0.0420. The van der Waals surface area contributed by atoms with Crippen LogP contribution in [0.25, 0.3) is 0 Å². The second-order valence-corrected chi connectivity index (χ2v) is 7.47. The zero-order valence-electron chi connectivity index (χ0n) is 14.5. The molecule has 0 aromatic heterocycles. The van der Waals surface area contributed by atoms with Gasteiger partial charge in [0, 0.05) is 24.3 Å². The van der Waals surface area contributed by atoms with E-state index in [0.717, 1.165) is 5.56 Å². The van der Waals surface area contributed by atoms with Gasteiger partial charge in [-0.2, -0.15) is 0 Å². The number of carbonyl (C=O) groups excluding carboxylic acids is 2. The maximum atomic E-state index is 12.8. The van der Waals surface area contributed by atoms with E-state index in [2.05, 4.69) is 0 Å². The number of esters is 1. The van der Waals surface area contributed by atoms with Crippen LogP contribution in [0.4, 0.5) is 0 Å². The number of allylic oxidation sites excluding steroid dienone is 2. The van der Waals surface area contributed by atoms with Crippen molar-refractivity contribution in [2.24, 2.45) is 5.41 Å². The SMILES string of the molecule is COc1cc([C@@H]2CC(=O)OC3=C2C(=O)CC(C)(C)C3)cc2c1OCO2. The van der Waals surface area contributed by atoms with Crippen LogP contribution in [-0.4, -0.2) is 25.7 Å². The average Bonchev–Trinajstić information content (AvgIpc) is 2.99. The number of rotatable bonds is 2. The number of Topliss-reactive ketones (excluding diaryl/α,β-unsaturated/α-hetero) is 1. The van der Waals surface area contributed by atoms with Gasteiger partial charge in [-0.15, -0.1) is 0 Å². The Morgan fingerprint density at radius 3 is 2.72 bits per heavy atom. The summed E-state index contributed by atoms with van der Waals surface area (Å²) in [7, 11) is 1.55. The van der Waals surface area contributed by atoms with Crippen LogP contribution in [0.3, 0.4) is 0 Å². The lowest BCUT2D eigenvalue weighted by molar-refractivity contribution is -0.142. The molecular formula is C19H20O6. The number of fused-ring (bicyclic) bond motifs is 1. The van der Waals surface area contributed by atoms with Crippen LogP contribution in [-0.2, 0) is 14.3 Å². The highest BCUT2D eigenvalue weighted by Gasteiger charge is 2.42. The van der Waals surface area contributed by atoms with E-state index in [0.29, 0.717) is 41.4 Å². The minimum Gasteiger partial charge on any atom is -0.493 e. The number of benzene rings is 1. The van der Waals surface area contributed by atoms with Gasteiger partial charge in [0.2, 0.25) is 12.5 Å². The molecule has 0 bridgehead atoms. The first-order chi connectivity index (χ1) is 11.9. The number of ether oxygens (including phenoxy) is 4. The van der Waals surface area contributed by atoms with Crippen LogP contribution in [0.1, 0.15) is 44.6 Å². The molecule has 25 heavy (non-hydrogen) atoms. The molecule has 1 atom stereocenters. The molecule has 2 heterocycles. The Hall–Kier alpha value is -2.50. The van der Waals surface area contributed by atoms with Gasteiger partial charge in [0.15, 0.2) is 17.3 Å². The maximum absolute atomic E-state index is 12.8. The Labute approximate surface area is 145 Å². The monoisotopic (exact) mass is 344 g/mol. The predicted molar refractivity (Wildman–Crippen MR) is 87.6 cm³/mol. The Morgan fingerprint density at radius 2 is 1.96 bits per heavy atom. The summed E-state index contributed by atoms with van der Waals surface area (Å²) in [6, 6.07) is 3.64. The van der Waals surface area contributed by atoms with Gasteiger partial charge in [-0.3, -0.25) is 9.59 Å². The molecule has 0 spiro atoms. The lowest BCUT2D eigenvalue weighted by Crippen LogP contribution is -2.33. The molecule has 6 heteroatoms. The fourth-order valence-corrected chi connectivity index (χ4v) is 3.84. The molecule has 0 unspecified atom stereocenters. The summed E-state index contributed by atoms with van der Waals surface area (Å²) in [5.41, 5.74) is 1.21. The second kappa shape index (κ2) is 5.51. The third kappa shape index (κ3) is 2.65. The second-order valence-electron chi connectivity index (χ2n) is 7.47. The van der Waals surface area contributed by atoms with Gasteiger partial charge < -0.3 is 18.9 Å². The van der Waals surface area contributed by atoms with Crippen LogP contribution >= 0.6 is 0 Å². The number of carbonyl (C=O) groups is 2. The van der Waals surface area contributed by atoms with Crippen molar-refractivity contribution in [3.05, 3.63) is 29.0 Å². The lowest BCUT2D eigenvalue weighted by atomic mass is 9.71. The average molecular weight is 344 g/mol. The number of ketones is 1. The summed E-state index contributed by atoms with van der Waals surface area (Å²) in [4.78, 5) is 24.9. The summed E-state index contributed by atoms with van der Waals surface area (Å²) in [6.45, 7) is 4.15. The van der Waals surface area contributed by atoms with Crippen LogP contribution in [0.15, 0.2) is 23.5 Å². The van der Waals surface area contributed by atoms with Gasteiger partial charge in [-0.1, -0.05) is 13.8 Å². The van der Waals surface area contributed by atoms with Crippen molar-refractivity contribution in [2.75, 3.05) is 13.9 Å². The van der Waals surface area contributed by atoms with Crippen molar-refractivity contribution in [1.82, 2.24) is 0 Å². The molecule has 0 saturated carbocycles. The van der Waals surface area contributed by atoms with E-state index in [1.165, 1.54) is 0 Å². The molecule has 132 valence electrons. The Kier molecular flexibility index (Phi) is 3.52. The Bertz CT molecular complexity index is 804. The minimum atomic E-state index is -0.344. The van der Waals surface area contributed by atoms with Crippen molar-refractivity contribution in [2.45, 2.75) is 39.0 Å². The summed E-state index contributed by atoms with van der Waals surface area (Å²) in [5, 5.41) is 0. The highest BCUT2D eigenvalue weighted by atomic mass is 16.7. The van der Waals surface area contributed by atoms with Gasteiger partial charge >= 0.3 is 5.97 Å². The van der Waals surface area contributed by atoms with Gasteiger partial charge in [0.1, 0.15) is 5.76 Å². The predicted octanol–water partition coefficient (Wildman–Crippen LogP) is 3.10. The number of hydrogen-bond acceptors (Lipinski definition) is 6. The molecule has 6 nitrogen and oxygen atoms in total. The molecule has 0 amide bonds. The van der Waals surface area contributed by atoms with Gasteiger partial charge in [0.25, 0.3) is 0 Å². The number of methoxy groups -OCH3 is 1. The largest absolute Gasteiger partial charge is 0.493 e. The van der Waals surface area contributed by atoms with E-state index < -0.39 is 0 Å². The Morgan fingerprint density at radius 1 is 1.16 bits per heavy atom. The van der Waals surface area contributed by atoms with E-state index in [4.69, 9.17) is 18.9 Å². The van der Waals surface area contributed by atoms with Gasteiger partial charge in [0.05, 0.1) is 13.5 Å². The zero-order chi connectivity index (χ0) is 17.8. The van der Waals surface area contributed by atoms with Crippen molar-refractivity contribution >= 4 is 11.8 Å². The van der Waals surface area contributed by atoms with Crippen molar-refractivity contribution in [3.63, 3.8) is 0 Å². The molecule has 4 rings (SSSR count).